The zero-order chi connectivity index (χ0) is 14.0. The minimum Gasteiger partial charge on any atom is -0.322 e. The van der Waals surface area contributed by atoms with Crippen LogP contribution in [0, 0.1) is 6.92 Å². The highest BCUT2D eigenvalue weighted by Gasteiger charge is 2.30. The third kappa shape index (κ3) is 2.93. The molecule has 1 amide bonds. The van der Waals surface area contributed by atoms with Crippen molar-refractivity contribution in [2.24, 2.45) is 0 Å². The average molecular weight is 269 g/mol. The number of rotatable bonds is 2. The second kappa shape index (κ2) is 4.75. The van der Waals surface area contributed by atoms with Crippen LogP contribution in [0.4, 0.5) is 18.9 Å². The van der Waals surface area contributed by atoms with E-state index in [-0.39, 0.29) is 11.3 Å². The standard InChI is InChI=1S/C12H10F3N3O/c1-7-2-3-9(12(13,14)15)4-10(7)18-11(19)8-5-16-17-6-8/h2-6H,1H3,(H,16,17)(H,18,19). The van der Waals surface area contributed by atoms with Gasteiger partial charge in [-0.3, -0.25) is 9.89 Å². The van der Waals surface area contributed by atoms with Crippen molar-refractivity contribution in [1.29, 1.82) is 0 Å². The fraction of sp³-hybridized carbons (Fsp3) is 0.167. The predicted octanol–water partition coefficient (Wildman–Crippen LogP) is 2.99. The number of anilines is 1. The van der Waals surface area contributed by atoms with Crippen LogP contribution in [0.2, 0.25) is 0 Å². The number of hydrogen-bond donors (Lipinski definition) is 2. The van der Waals surface area contributed by atoms with Crippen LogP contribution in [0.1, 0.15) is 21.5 Å². The van der Waals surface area contributed by atoms with Crippen molar-refractivity contribution in [3.05, 3.63) is 47.3 Å². The number of hydrogen-bond acceptors (Lipinski definition) is 2. The summed E-state index contributed by atoms with van der Waals surface area (Å²) in [6.45, 7) is 1.62. The Labute approximate surface area is 106 Å². The molecule has 1 aromatic carbocycles. The van der Waals surface area contributed by atoms with Crippen molar-refractivity contribution in [1.82, 2.24) is 10.2 Å². The van der Waals surface area contributed by atoms with Gasteiger partial charge in [-0.05, 0) is 24.6 Å². The third-order valence-electron chi connectivity index (χ3n) is 2.57. The van der Waals surface area contributed by atoms with E-state index in [9.17, 15) is 18.0 Å². The van der Waals surface area contributed by atoms with E-state index in [4.69, 9.17) is 0 Å². The number of aryl methyl sites for hydroxylation is 1. The molecule has 0 spiro atoms. The van der Waals surface area contributed by atoms with E-state index in [0.717, 1.165) is 12.1 Å². The minimum atomic E-state index is -4.44. The summed E-state index contributed by atoms with van der Waals surface area (Å²) in [5.74, 6) is -0.517. The molecule has 4 nitrogen and oxygen atoms in total. The van der Waals surface area contributed by atoms with E-state index in [0.29, 0.717) is 5.56 Å². The van der Waals surface area contributed by atoms with Crippen LogP contribution in [0.25, 0.3) is 0 Å². The molecule has 0 saturated carbocycles. The van der Waals surface area contributed by atoms with Crippen molar-refractivity contribution >= 4 is 11.6 Å². The molecule has 2 rings (SSSR count). The molecule has 19 heavy (non-hydrogen) atoms. The van der Waals surface area contributed by atoms with Crippen molar-refractivity contribution in [2.75, 3.05) is 5.32 Å². The van der Waals surface area contributed by atoms with Gasteiger partial charge in [0.2, 0.25) is 0 Å². The predicted molar refractivity (Wildman–Crippen MR) is 62.7 cm³/mol. The van der Waals surface area contributed by atoms with E-state index in [1.165, 1.54) is 18.5 Å². The van der Waals surface area contributed by atoms with E-state index < -0.39 is 17.6 Å². The number of carbonyl (C=O) groups is 1. The first-order valence-electron chi connectivity index (χ1n) is 5.36. The number of benzene rings is 1. The van der Waals surface area contributed by atoms with Crippen LogP contribution in [0.5, 0.6) is 0 Å². The highest BCUT2D eigenvalue weighted by Crippen LogP contribution is 2.32. The molecule has 0 saturated heterocycles. The lowest BCUT2D eigenvalue weighted by Crippen LogP contribution is -2.13. The Kier molecular flexibility index (Phi) is 3.28. The highest BCUT2D eigenvalue weighted by molar-refractivity contribution is 6.04. The SMILES string of the molecule is Cc1ccc(C(F)(F)F)cc1NC(=O)c1cn[nH]c1. The van der Waals surface area contributed by atoms with Crippen LogP contribution >= 0.6 is 0 Å². The van der Waals surface area contributed by atoms with Gasteiger partial charge >= 0.3 is 6.18 Å². The van der Waals surface area contributed by atoms with Crippen molar-refractivity contribution < 1.29 is 18.0 Å². The van der Waals surface area contributed by atoms with Crippen LogP contribution in [0.3, 0.4) is 0 Å². The molecule has 0 unspecified atom stereocenters. The number of aromatic nitrogens is 2. The second-order valence-corrected chi connectivity index (χ2v) is 3.97. The topological polar surface area (TPSA) is 57.8 Å². The molecule has 2 N–H and O–H groups in total. The maximum Gasteiger partial charge on any atom is 0.416 e. The van der Waals surface area contributed by atoms with Gasteiger partial charge in [0.15, 0.2) is 0 Å². The van der Waals surface area contributed by atoms with Gasteiger partial charge in [-0.1, -0.05) is 6.07 Å². The lowest BCUT2D eigenvalue weighted by molar-refractivity contribution is -0.137. The van der Waals surface area contributed by atoms with Gasteiger partial charge in [-0.25, -0.2) is 0 Å². The largest absolute Gasteiger partial charge is 0.416 e. The van der Waals surface area contributed by atoms with Gasteiger partial charge in [0.05, 0.1) is 17.3 Å². The van der Waals surface area contributed by atoms with Gasteiger partial charge < -0.3 is 5.32 Å². The normalized spacial score (nSPS) is 11.4. The lowest BCUT2D eigenvalue weighted by atomic mass is 10.1. The summed E-state index contributed by atoms with van der Waals surface area (Å²) in [6.07, 6.45) is -1.79. The zero-order valence-electron chi connectivity index (χ0n) is 9.88. The van der Waals surface area contributed by atoms with Gasteiger partial charge in [-0.15, -0.1) is 0 Å². The molecule has 7 heteroatoms. The molecule has 0 atom stereocenters. The van der Waals surface area contributed by atoms with Crippen LogP contribution < -0.4 is 5.32 Å². The van der Waals surface area contributed by atoms with Gasteiger partial charge in [0.1, 0.15) is 0 Å². The van der Waals surface area contributed by atoms with E-state index in [1.54, 1.807) is 6.92 Å². The maximum atomic E-state index is 12.6. The molecule has 1 aromatic heterocycles. The summed E-state index contributed by atoms with van der Waals surface area (Å²) < 4.78 is 37.7. The first-order chi connectivity index (χ1) is 8.88. The second-order valence-electron chi connectivity index (χ2n) is 3.97. The molecule has 0 bridgehead atoms. The van der Waals surface area contributed by atoms with Crippen molar-refractivity contribution in [3.63, 3.8) is 0 Å². The van der Waals surface area contributed by atoms with E-state index >= 15 is 0 Å². The monoisotopic (exact) mass is 269 g/mol. The van der Waals surface area contributed by atoms with E-state index in [2.05, 4.69) is 15.5 Å². The quantitative estimate of drug-likeness (QED) is 0.880. The molecular weight excluding hydrogens is 259 g/mol. The summed E-state index contributed by atoms with van der Waals surface area (Å²) in [4.78, 5) is 11.7. The first kappa shape index (κ1) is 13.1. The van der Waals surface area contributed by atoms with Gasteiger partial charge in [-0.2, -0.15) is 18.3 Å². The Bertz CT molecular complexity index is 591. The number of halogens is 3. The first-order valence-corrected chi connectivity index (χ1v) is 5.36. The number of alkyl halides is 3. The number of aromatic amines is 1. The van der Waals surface area contributed by atoms with Gasteiger partial charge in [0, 0.05) is 11.9 Å². The summed E-state index contributed by atoms with van der Waals surface area (Å²) in [7, 11) is 0. The number of amides is 1. The molecule has 0 radical (unpaired) electrons. The Morgan fingerprint density at radius 2 is 2.11 bits per heavy atom. The Balaban J connectivity index is 2.27. The summed E-state index contributed by atoms with van der Waals surface area (Å²) in [5.41, 5.74) is 0.114. The molecule has 0 fully saturated rings. The highest BCUT2D eigenvalue weighted by atomic mass is 19.4. The smallest absolute Gasteiger partial charge is 0.322 e. The van der Waals surface area contributed by atoms with Crippen LogP contribution in [-0.2, 0) is 6.18 Å². The Hall–Kier alpha value is -2.31. The Morgan fingerprint density at radius 1 is 1.37 bits per heavy atom. The zero-order valence-corrected chi connectivity index (χ0v) is 9.88. The van der Waals surface area contributed by atoms with Crippen LogP contribution in [-0.4, -0.2) is 16.1 Å². The molecule has 1 heterocycles. The maximum absolute atomic E-state index is 12.6. The number of H-pyrrole nitrogens is 1. The molecule has 0 aliphatic carbocycles. The third-order valence-corrected chi connectivity index (χ3v) is 2.57. The average Bonchev–Trinajstić information content (AvgIpc) is 2.84. The Morgan fingerprint density at radius 3 is 2.68 bits per heavy atom. The van der Waals surface area contributed by atoms with Crippen molar-refractivity contribution in [2.45, 2.75) is 13.1 Å². The van der Waals surface area contributed by atoms with Gasteiger partial charge in [0.25, 0.3) is 5.91 Å². The molecule has 2 aromatic rings. The lowest BCUT2D eigenvalue weighted by Gasteiger charge is -2.12. The van der Waals surface area contributed by atoms with Crippen LogP contribution in [0.15, 0.2) is 30.6 Å². The summed E-state index contributed by atoms with van der Waals surface area (Å²) in [5, 5.41) is 8.48. The fourth-order valence-electron chi connectivity index (χ4n) is 1.50. The molecule has 0 aliphatic rings. The number of carbonyl (C=O) groups excluding carboxylic acids is 1. The molecule has 0 aliphatic heterocycles. The number of nitrogens with zero attached hydrogens (tertiary/aromatic N) is 1. The number of nitrogens with one attached hydrogen (secondary N) is 2. The summed E-state index contributed by atoms with van der Waals surface area (Å²) in [6, 6.07) is 3.20. The molecule has 100 valence electrons. The minimum absolute atomic E-state index is 0.126. The van der Waals surface area contributed by atoms with Crippen molar-refractivity contribution in [3.8, 4) is 0 Å². The summed E-state index contributed by atoms with van der Waals surface area (Å²) >= 11 is 0. The molecular formula is C12H10F3N3O. The fourth-order valence-corrected chi connectivity index (χ4v) is 1.50. The van der Waals surface area contributed by atoms with E-state index in [1.807, 2.05) is 0 Å².